The average molecular weight is 435 g/mol. The maximum absolute atomic E-state index is 12.5. The van der Waals surface area contributed by atoms with Crippen LogP contribution in [-0.4, -0.2) is 23.2 Å². The van der Waals surface area contributed by atoms with Crippen molar-refractivity contribution in [2.45, 2.75) is 26.4 Å². The summed E-state index contributed by atoms with van der Waals surface area (Å²) in [5.74, 6) is 0.546. The summed E-state index contributed by atoms with van der Waals surface area (Å²) in [6, 6.07) is 17.0. The minimum absolute atomic E-state index is 0.0488. The van der Waals surface area contributed by atoms with E-state index in [9.17, 15) is 10.1 Å². The number of aryl methyl sites for hydroxylation is 1. The summed E-state index contributed by atoms with van der Waals surface area (Å²) >= 11 is 1.30. The highest BCUT2D eigenvalue weighted by Gasteiger charge is 2.14. The van der Waals surface area contributed by atoms with Gasteiger partial charge < -0.3 is 9.47 Å². The molecule has 31 heavy (non-hydrogen) atoms. The normalized spacial score (nSPS) is 10.9. The number of hydrogen-bond acceptors (Lipinski definition) is 7. The molecule has 1 amide bonds. The lowest BCUT2D eigenvalue weighted by molar-refractivity contribution is -0.112. The molecule has 0 unspecified atom stereocenters. The van der Waals surface area contributed by atoms with E-state index in [1.54, 1.807) is 25.3 Å². The molecular weight excluding hydrogens is 412 g/mol. The zero-order valence-corrected chi connectivity index (χ0v) is 18.1. The largest absolute Gasteiger partial charge is 0.493 e. The Balaban J connectivity index is 1.72. The van der Waals surface area contributed by atoms with Gasteiger partial charge in [0.2, 0.25) is 5.13 Å². The number of nitrogens with one attached hydrogen (secondary N) is 1. The minimum atomic E-state index is -0.537. The highest BCUT2D eigenvalue weighted by atomic mass is 32.1. The molecule has 0 bridgehead atoms. The quantitative estimate of drug-likeness (QED) is 0.390. The first-order chi connectivity index (χ1) is 15.1. The number of methoxy groups -OCH3 is 1. The van der Waals surface area contributed by atoms with Crippen LogP contribution in [0.15, 0.2) is 54.1 Å². The van der Waals surface area contributed by atoms with E-state index in [-0.39, 0.29) is 5.57 Å². The Morgan fingerprint density at radius 1 is 1.19 bits per heavy atom. The number of ether oxygens (including phenoxy) is 2. The maximum atomic E-state index is 12.5. The molecule has 8 heteroatoms. The van der Waals surface area contributed by atoms with Gasteiger partial charge in [-0.3, -0.25) is 10.1 Å². The monoisotopic (exact) mass is 434 g/mol. The molecule has 158 valence electrons. The van der Waals surface area contributed by atoms with Crippen LogP contribution in [0.5, 0.6) is 11.5 Å². The first-order valence-electron chi connectivity index (χ1n) is 9.73. The van der Waals surface area contributed by atoms with Crippen molar-refractivity contribution in [1.82, 2.24) is 10.2 Å². The van der Waals surface area contributed by atoms with Crippen molar-refractivity contribution in [3.8, 4) is 17.6 Å². The highest BCUT2D eigenvalue weighted by Crippen LogP contribution is 2.30. The van der Waals surface area contributed by atoms with Crippen LogP contribution in [0, 0.1) is 11.3 Å². The number of nitriles is 1. The van der Waals surface area contributed by atoms with Crippen LogP contribution < -0.4 is 14.8 Å². The van der Waals surface area contributed by atoms with Gasteiger partial charge in [0.25, 0.3) is 5.91 Å². The van der Waals surface area contributed by atoms with Crippen LogP contribution in [0.1, 0.15) is 29.5 Å². The van der Waals surface area contributed by atoms with E-state index < -0.39 is 5.91 Å². The van der Waals surface area contributed by atoms with Crippen molar-refractivity contribution in [2.24, 2.45) is 0 Å². The van der Waals surface area contributed by atoms with Gasteiger partial charge in [0.15, 0.2) is 11.5 Å². The van der Waals surface area contributed by atoms with Gasteiger partial charge in [0.1, 0.15) is 23.3 Å². The molecule has 0 aliphatic heterocycles. The SMILES string of the molecule is CCCc1nnc(NC(=O)/C(C#N)=C\c2ccc(OCc3ccccc3)c(OC)c2)s1. The standard InChI is InChI=1S/C23H22N4O3S/c1-3-7-21-26-27-23(31-21)25-22(28)18(14-24)12-17-10-11-19(20(13-17)29-2)30-15-16-8-5-4-6-9-16/h4-6,8-13H,3,7,15H2,1-2H3,(H,25,27,28)/b18-12-. The Hall–Kier alpha value is -3.70. The lowest BCUT2D eigenvalue weighted by Crippen LogP contribution is -2.13. The predicted molar refractivity (Wildman–Crippen MR) is 120 cm³/mol. The van der Waals surface area contributed by atoms with E-state index in [0.717, 1.165) is 23.4 Å². The Kier molecular flexibility index (Phi) is 7.73. The van der Waals surface area contributed by atoms with Crippen LogP contribution in [0.25, 0.3) is 6.08 Å². The van der Waals surface area contributed by atoms with Gasteiger partial charge in [-0.25, -0.2) is 0 Å². The van der Waals surface area contributed by atoms with E-state index in [4.69, 9.17) is 9.47 Å². The van der Waals surface area contributed by atoms with Gasteiger partial charge >= 0.3 is 0 Å². The lowest BCUT2D eigenvalue weighted by atomic mass is 10.1. The summed E-state index contributed by atoms with van der Waals surface area (Å²) < 4.78 is 11.3. The first-order valence-corrected chi connectivity index (χ1v) is 10.5. The molecule has 1 heterocycles. The van der Waals surface area contributed by atoms with E-state index in [1.807, 2.05) is 43.3 Å². The lowest BCUT2D eigenvalue weighted by Gasteiger charge is -2.11. The number of benzene rings is 2. The van der Waals surface area contributed by atoms with Crippen LogP contribution in [0.3, 0.4) is 0 Å². The second kappa shape index (κ2) is 10.9. The van der Waals surface area contributed by atoms with Crippen LogP contribution in [-0.2, 0) is 17.8 Å². The zero-order chi connectivity index (χ0) is 22.1. The minimum Gasteiger partial charge on any atom is -0.493 e. The number of rotatable bonds is 9. The summed E-state index contributed by atoms with van der Waals surface area (Å²) in [5.41, 5.74) is 1.63. The number of aromatic nitrogens is 2. The summed E-state index contributed by atoms with van der Waals surface area (Å²) in [4.78, 5) is 12.5. The number of anilines is 1. The Bertz CT molecular complexity index is 1100. The Labute approximate surface area is 185 Å². The number of nitrogens with zero attached hydrogens (tertiary/aromatic N) is 3. The molecule has 3 aromatic rings. The van der Waals surface area contributed by atoms with Gasteiger partial charge in [-0.15, -0.1) is 10.2 Å². The molecule has 0 spiro atoms. The van der Waals surface area contributed by atoms with Crippen LogP contribution in [0.2, 0.25) is 0 Å². The first kappa shape index (κ1) is 22.0. The van der Waals surface area contributed by atoms with E-state index >= 15 is 0 Å². The Morgan fingerprint density at radius 3 is 2.71 bits per heavy atom. The van der Waals surface area contributed by atoms with Crippen LogP contribution in [0.4, 0.5) is 5.13 Å². The van der Waals surface area contributed by atoms with Crippen molar-refractivity contribution in [2.75, 3.05) is 12.4 Å². The molecule has 2 aromatic carbocycles. The predicted octanol–water partition coefficient (Wildman–Crippen LogP) is 4.62. The topological polar surface area (TPSA) is 97.1 Å². The Morgan fingerprint density at radius 2 is 2.00 bits per heavy atom. The average Bonchev–Trinajstić information content (AvgIpc) is 3.23. The van der Waals surface area contributed by atoms with Gasteiger partial charge in [0, 0.05) is 6.42 Å². The van der Waals surface area contributed by atoms with Crippen LogP contribution >= 0.6 is 11.3 Å². The van der Waals surface area contributed by atoms with Crippen molar-refractivity contribution >= 4 is 28.5 Å². The molecule has 0 aliphatic rings. The van der Waals surface area contributed by atoms with Gasteiger partial charge in [-0.1, -0.05) is 54.7 Å². The maximum Gasteiger partial charge on any atom is 0.268 e. The van der Waals surface area contributed by atoms with Crippen molar-refractivity contribution < 1.29 is 14.3 Å². The molecular formula is C23H22N4O3S. The van der Waals surface area contributed by atoms with Crippen molar-refractivity contribution in [3.05, 3.63) is 70.2 Å². The summed E-state index contributed by atoms with van der Waals surface area (Å²) in [5, 5.41) is 21.3. The van der Waals surface area contributed by atoms with Crippen molar-refractivity contribution in [1.29, 1.82) is 5.26 Å². The number of carbonyl (C=O) groups is 1. The summed E-state index contributed by atoms with van der Waals surface area (Å²) in [6.45, 7) is 2.45. The number of hydrogen-bond donors (Lipinski definition) is 1. The third-order valence-electron chi connectivity index (χ3n) is 4.25. The molecule has 0 saturated carbocycles. The number of carbonyl (C=O) groups excluding carboxylic acids is 1. The summed E-state index contributed by atoms with van der Waals surface area (Å²) in [6.07, 6.45) is 3.23. The van der Waals surface area contributed by atoms with Gasteiger partial charge in [-0.2, -0.15) is 5.26 Å². The molecule has 0 aliphatic carbocycles. The zero-order valence-electron chi connectivity index (χ0n) is 17.3. The fraction of sp³-hybridized carbons (Fsp3) is 0.217. The fourth-order valence-corrected chi connectivity index (χ4v) is 3.56. The van der Waals surface area contributed by atoms with E-state index in [2.05, 4.69) is 15.5 Å². The third kappa shape index (κ3) is 6.14. The van der Waals surface area contributed by atoms with Crippen molar-refractivity contribution in [3.63, 3.8) is 0 Å². The second-order valence-corrected chi connectivity index (χ2v) is 7.62. The molecule has 0 saturated heterocycles. The molecule has 0 atom stereocenters. The number of amides is 1. The van der Waals surface area contributed by atoms with E-state index in [0.29, 0.717) is 28.8 Å². The molecule has 1 aromatic heterocycles. The molecule has 7 nitrogen and oxygen atoms in total. The smallest absolute Gasteiger partial charge is 0.268 e. The highest BCUT2D eigenvalue weighted by molar-refractivity contribution is 7.15. The second-order valence-electron chi connectivity index (χ2n) is 6.56. The molecule has 0 fully saturated rings. The van der Waals surface area contributed by atoms with Gasteiger partial charge in [-0.05, 0) is 35.8 Å². The molecule has 1 N–H and O–H groups in total. The molecule has 0 radical (unpaired) electrons. The summed E-state index contributed by atoms with van der Waals surface area (Å²) in [7, 11) is 1.54. The molecule has 3 rings (SSSR count). The van der Waals surface area contributed by atoms with Gasteiger partial charge in [0.05, 0.1) is 7.11 Å². The third-order valence-corrected chi connectivity index (χ3v) is 5.15. The fourth-order valence-electron chi connectivity index (χ4n) is 2.73. The van der Waals surface area contributed by atoms with E-state index in [1.165, 1.54) is 17.4 Å².